The summed E-state index contributed by atoms with van der Waals surface area (Å²) in [6, 6.07) is 7.44. The van der Waals surface area contributed by atoms with Crippen LogP contribution in [0.2, 0.25) is 0 Å². The molecule has 120 valence electrons. The number of benzene rings is 1. The average molecular weight is 301 g/mol. The quantitative estimate of drug-likeness (QED) is 0.928. The molecule has 1 heterocycles. The van der Waals surface area contributed by atoms with Gasteiger partial charge in [0.25, 0.3) is 0 Å². The maximum absolute atomic E-state index is 12.8. The Morgan fingerprint density at radius 1 is 1.18 bits per heavy atom. The van der Waals surface area contributed by atoms with E-state index in [1.165, 1.54) is 5.56 Å². The third kappa shape index (κ3) is 2.41. The number of likely N-dealkylation sites (tertiary alicyclic amines) is 1. The van der Waals surface area contributed by atoms with Gasteiger partial charge < -0.3 is 10.0 Å². The SMILES string of the molecule is CC1(C)C(C(=O)N2CCC(Cc3ccc(O)cc3)C2)C1(C)C. The molecule has 2 aliphatic rings. The first kappa shape index (κ1) is 15.4. The van der Waals surface area contributed by atoms with Crippen LogP contribution in [0.25, 0.3) is 0 Å². The van der Waals surface area contributed by atoms with Gasteiger partial charge in [-0.1, -0.05) is 39.8 Å². The van der Waals surface area contributed by atoms with Crippen molar-refractivity contribution in [2.75, 3.05) is 13.1 Å². The summed E-state index contributed by atoms with van der Waals surface area (Å²) in [7, 11) is 0. The monoisotopic (exact) mass is 301 g/mol. The third-order valence-electron chi connectivity index (χ3n) is 6.33. The van der Waals surface area contributed by atoms with E-state index in [0.29, 0.717) is 17.6 Å². The molecule has 0 aromatic heterocycles. The van der Waals surface area contributed by atoms with Crippen molar-refractivity contribution in [1.29, 1.82) is 0 Å². The van der Waals surface area contributed by atoms with E-state index >= 15 is 0 Å². The minimum absolute atomic E-state index is 0.124. The largest absolute Gasteiger partial charge is 0.508 e. The highest BCUT2D eigenvalue weighted by Crippen LogP contribution is 2.68. The highest BCUT2D eigenvalue weighted by Gasteiger charge is 2.68. The van der Waals surface area contributed by atoms with Crippen molar-refractivity contribution in [3.8, 4) is 5.75 Å². The molecule has 1 N–H and O–H groups in total. The average Bonchev–Trinajstić information content (AvgIpc) is 2.80. The van der Waals surface area contributed by atoms with Gasteiger partial charge in [0.15, 0.2) is 0 Å². The Morgan fingerprint density at radius 2 is 1.77 bits per heavy atom. The second kappa shape index (κ2) is 5.00. The van der Waals surface area contributed by atoms with Gasteiger partial charge in [-0.3, -0.25) is 4.79 Å². The number of nitrogens with zero attached hydrogens (tertiary/aromatic N) is 1. The van der Waals surface area contributed by atoms with Gasteiger partial charge in [0.2, 0.25) is 5.91 Å². The number of hydrogen-bond donors (Lipinski definition) is 1. The molecular weight excluding hydrogens is 274 g/mol. The fourth-order valence-electron chi connectivity index (χ4n) is 4.16. The van der Waals surface area contributed by atoms with Crippen LogP contribution in [0.4, 0.5) is 0 Å². The summed E-state index contributed by atoms with van der Waals surface area (Å²) in [6.45, 7) is 10.6. The highest BCUT2D eigenvalue weighted by atomic mass is 16.3. The van der Waals surface area contributed by atoms with E-state index in [1.807, 2.05) is 12.1 Å². The van der Waals surface area contributed by atoms with Crippen LogP contribution in [0.15, 0.2) is 24.3 Å². The topological polar surface area (TPSA) is 40.5 Å². The fourth-order valence-corrected chi connectivity index (χ4v) is 4.16. The van der Waals surface area contributed by atoms with Crippen LogP contribution in [0, 0.1) is 22.7 Å². The first-order valence-electron chi connectivity index (χ1n) is 8.30. The first-order chi connectivity index (χ1) is 10.2. The number of carbonyl (C=O) groups excluding carboxylic acids is 1. The van der Waals surface area contributed by atoms with Gasteiger partial charge in [-0.05, 0) is 47.3 Å². The molecule has 1 amide bonds. The molecule has 3 nitrogen and oxygen atoms in total. The van der Waals surface area contributed by atoms with Crippen LogP contribution in [0.3, 0.4) is 0 Å². The van der Waals surface area contributed by atoms with Crippen LogP contribution in [0.5, 0.6) is 5.75 Å². The van der Waals surface area contributed by atoms with Gasteiger partial charge in [0.05, 0.1) is 0 Å². The van der Waals surface area contributed by atoms with Crippen LogP contribution >= 0.6 is 0 Å². The summed E-state index contributed by atoms with van der Waals surface area (Å²) >= 11 is 0. The molecule has 3 rings (SSSR count). The van der Waals surface area contributed by atoms with Crippen molar-refractivity contribution in [2.45, 2.75) is 40.5 Å². The predicted molar refractivity (Wildman–Crippen MR) is 87.5 cm³/mol. The van der Waals surface area contributed by atoms with Crippen molar-refractivity contribution in [3.63, 3.8) is 0 Å². The predicted octanol–water partition coefficient (Wildman–Crippen LogP) is 3.47. The molecule has 0 bridgehead atoms. The molecule has 3 heteroatoms. The Bertz CT molecular complexity index is 560. The van der Waals surface area contributed by atoms with Crippen molar-refractivity contribution >= 4 is 5.91 Å². The molecule has 1 aromatic carbocycles. The summed E-state index contributed by atoms with van der Waals surface area (Å²) in [4.78, 5) is 14.9. The second-order valence-corrected chi connectivity index (χ2v) is 8.19. The smallest absolute Gasteiger partial charge is 0.226 e. The molecule has 0 radical (unpaired) electrons. The minimum Gasteiger partial charge on any atom is -0.508 e. The van der Waals surface area contributed by atoms with Gasteiger partial charge in [0, 0.05) is 19.0 Å². The molecule has 1 aliphatic heterocycles. The van der Waals surface area contributed by atoms with Crippen LogP contribution in [0.1, 0.15) is 39.7 Å². The molecule has 1 unspecified atom stereocenters. The summed E-state index contributed by atoms with van der Waals surface area (Å²) in [6.07, 6.45) is 2.07. The van der Waals surface area contributed by atoms with Crippen molar-refractivity contribution in [1.82, 2.24) is 4.90 Å². The molecule has 1 aliphatic carbocycles. The lowest BCUT2D eigenvalue weighted by molar-refractivity contribution is -0.132. The first-order valence-corrected chi connectivity index (χ1v) is 8.30. The van der Waals surface area contributed by atoms with E-state index in [1.54, 1.807) is 12.1 Å². The lowest BCUT2D eigenvalue weighted by Crippen LogP contribution is -2.32. The summed E-state index contributed by atoms with van der Waals surface area (Å²) in [5.74, 6) is 1.37. The van der Waals surface area contributed by atoms with E-state index in [-0.39, 0.29) is 16.7 Å². The Hall–Kier alpha value is -1.51. The van der Waals surface area contributed by atoms with E-state index in [2.05, 4.69) is 32.6 Å². The Kier molecular flexibility index (Phi) is 3.50. The molecule has 1 aromatic rings. The van der Waals surface area contributed by atoms with Gasteiger partial charge in [0.1, 0.15) is 5.75 Å². The number of phenols is 1. The van der Waals surface area contributed by atoms with E-state index < -0.39 is 0 Å². The maximum Gasteiger partial charge on any atom is 0.226 e. The number of rotatable bonds is 3. The summed E-state index contributed by atoms with van der Waals surface area (Å²) in [5.41, 5.74) is 1.49. The normalized spacial score (nSPS) is 26.2. The molecule has 2 fully saturated rings. The fraction of sp³-hybridized carbons (Fsp3) is 0.632. The van der Waals surface area contributed by atoms with Gasteiger partial charge in [-0.2, -0.15) is 0 Å². The number of hydrogen-bond acceptors (Lipinski definition) is 2. The lowest BCUT2D eigenvalue weighted by Gasteiger charge is -2.18. The van der Waals surface area contributed by atoms with Gasteiger partial charge in [-0.25, -0.2) is 0 Å². The highest BCUT2D eigenvalue weighted by molar-refractivity contribution is 5.84. The molecular formula is C19H27NO2. The second-order valence-electron chi connectivity index (χ2n) is 8.19. The number of aromatic hydroxyl groups is 1. The molecule has 1 saturated heterocycles. The molecule has 22 heavy (non-hydrogen) atoms. The number of carbonyl (C=O) groups is 1. The zero-order valence-corrected chi connectivity index (χ0v) is 14.1. The molecule has 1 saturated carbocycles. The number of amides is 1. The Morgan fingerprint density at radius 3 is 2.32 bits per heavy atom. The van der Waals surface area contributed by atoms with E-state index in [9.17, 15) is 9.90 Å². The van der Waals surface area contributed by atoms with Crippen LogP contribution in [-0.4, -0.2) is 29.0 Å². The maximum atomic E-state index is 12.8. The zero-order valence-electron chi connectivity index (χ0n) is 14.1. The standard InChI is InChI=1S/C19H27NO2/c1-18(2)16(19(18,3)4)17(22)20-10-9-14(12-20)11-13-5-7-15(21)8-6-13/h5-8,14,16,21H,9-12H2,1-4H3. The Labute approximate surface area is 133 Å². The zero-order chi connectivity index (χ0) is 16.1. The molecule has 0 spiro atoms. The third-order valence-corrected chi connectivity index (χ3v) is 6.33. The molecule has 1 atom stereocenters. The van der Waals surface area contributed by atoms with Gasteiger partial charge >= 0.3 is 0 Å². The lowest BCUT2D eigenvalue weighted by atomic mass is 9.99. The van der Waals surface area contributed by atoms with Crippen molar-refractivity contribution in [2.24, 2.45) is 22.7 Å². The van der Waals surface area contributed by atoms with Crippen LogP contribution in [-0.2, 0) is 11.2 Å². The Balaban J connectivity index is 1.59. The summed E-state index contributed by atoms with van der Waals surface area (Å²) in [5, 5.41) is 9.35. The number of phenolic OH excluding ortho intramolecular Hbond substituents is 1. The minimum atomic E-state index is 0.124. The summed E-state index contributed by atoms with van der Waals surface area (Å²) < 4.78 is 0. The van der Waals surface area contributed by atoms with Crippen molar-refractivity contribution in [3.05, 3.63) is 29.8 Å². The van der Waals surface area contributed by atoms with Crippen molar-refractivity contribution < 1.29 is 9.90 Å². The van der Waals surface area contributed by atoms with Gasteiger partial charge in [-0.15, -0.1) is 0 Å². The van der Waals surface area contributed by atoms with E-state index in [4.69, 9.17) is 0 Å². The van der Waals surface area contributed by atoms with E-state index in [0.717, 1.165) is 25.9 Å². The van der Waals surface area contributed by atoms with Crippen LogP contribution < -0.4 is 0 Å².